The molecular formula is C13H17ClN2O. The maximum absolute atomic E-state index is 8.43. The fourth-order valence-corrected chi connectivity index (χ4v) is 1.74. The van der Waals surface area contributed by atoms with Gasteiger partial charge in [0.25, 0.3) is 0 Å². The summed E-state index contributed by atoms with van der Waals surface area (Å²) in [6.45, 7) is 5.22. The van der Waals surface area contributed by atoms with Crippen LogP contribution in [-0.2, 0) is 0 Å². The molecule has 0 aliphatic heterocycles. The zero-order valence-corrected chi connectivity index (χ0v) is 10.9. The predicted octanol–water partition coefficient (Wildman–Crippen LogP) is 3.30. The zero-order chi connectivity index (χ0) is 12.7. The van der Waals surface area contributed by atoms with Crippen LogP contribution in [-0.4, -0.2) is 13.2 Å². The first-order chi connectivity index (χ1) is 8.19. The Morgan fingerprint density at radius 3 is 2.88 bits per heavy atom. The van der Waals surface area contributed by atoms with Crippen LogP contribution in [0.3, 0.4) is 0 Å². The van der Waals surface area contributed by atoms with Crippen LogP contribution in [0.1, 0.15) is 31.9 Å². The lowest BCUT2D eigenvalue weighted by atomic mass is 10.1. The van der Waals surface area contributed by atoms with E-state index in [2.05, 4.69) is 19.2 Å². The third-order valence-corrected chi connectivity index (χ3v) is 2.74. The summed E-state index contributed by atoms with van der Waals surface area (Å²) in [5, 5.41) is 12.4. The van der Waals surface area contributed by atoms with Crippen molar-refractivity contribution >= 4 is 11.6 Å². The highest BCUT2D eigenvalue weighted by Crippen LogP contribution is 2.27. The van der Waals surface area contributed by atoms with Crippen LogP contribution in [0, 0.1) is 11.3 Å². The Hall–Kier alpha value is -1.24. The van der Waals surface area contributed by atoms with E-state index >= 15 is 0 Å². The Balaban J connectivity index is 2.71. The normalized spacial score (nSPS) is 11.9. The molecule has 0 aliphatic carbocycles. The van der Waals surface area contributed by atoms with Crippen molar-refractivity contribution in [2.24, 2.45) is 0 Å². The molecule has 0 saturated heterocycles. The van der Waals surface area contributed by atoms with Crippen molar-refractivity contribution in [3.05, 3.63) is 28.8 Å². The fourth-order valence-electron chi connectivity index (χ4n) is 1.49. The number of hydrogen-bond acceptors (Lipinski definition) is 3. The number of nitrogens with one attached hydrogen (secondary N) is 1. The summed E-state index contributed by atoms with van der Waals surface area (Å²) in [6.07, 6.45) is 1.10. The summed E-state index contributed by atoms with van der Waals surface area (Å²) >= 11 is 6.08. The zero-order valence-electron chi connectivity index (χ0n) is 10.2. The number of ether oxygens (including phenoxy) is 1. The number of rotatable bonds is 6. The van der Waals surface area contributed by atoms with Gasteiger partial charge in [0.1, 0.15) is 11.8 Å². The topological polar surface area (TPSA) is 45.0 Å². The van der Waals surface area contributed by atoms with Gasteiger partial charge in [-0.1, -0.05) is 24.6 Å². The van der Waals surface area contributed by atoms with Crippen LogP contribution in [0.5, 0.6) is 5.75 Å². The molecule has 0 bridgehead atoms. The second-order valence-electron chi connectivity index (χ2n) is 3.81. The van der Waals surface area contributed by atoms with Crippen LogP contribution >= 0.6 is 11.6 Å². The Morgan fingerprint density at radius 1 is 1.53 bits per heavy atom. The molecule has 0 radical (unpaired) electrons. The molecule has 0 saturated carbocycles. The molecule has 0 aliphatic rings. The molecule has 3 nitrogen and oxygen atoms in total. The van der Waals surface area contributed by atoms with Gasteiger partial charge in [-0.3, -0.25) is 0 Å². The van der Waals surface area contributed by atoms with E-state index in [0.29, 0.717) is 10.8 Å². The summed E-state index contributed by atoms with van der Waals surface area (Å²) in [7, 11) is 0. The maximum Gasteiger partial charge on any atom is 0.174 e. The number of benzene rings is 1. The molecule has 17 heavy (non-hydrogen) atoms. The molecule has 0 aromatic heterocycles. The largest absolute Gasteiger partial charge is 0.477 e. The molecule has 0 amide bonds. The summed E-state index contributed by atoms with van der Waals surface area (Å²) in [4.78, 5) is 0. The van der Waals surface area contributed by atoms with Gasteiger partial charge in [-0.05, 0) is 37.6 Å². The molecule has 4 heteroatoms. The van der Waals surface area contributed by atoms with E-state index in [1.165, 1.54) is 0 Å². The molecule has 0 heterocycles. The molecule has 1 aromatic rings. The van der Waals surface area contributed by atoms with Gasteiger partial charge in [0.15, 0.2) is 6.61 Å². The number of nitriles is 1. The summed E-state index contributed by atoms with van der Waals surface area (Å²) in [6, 6.07) is 7.82. The van der Waals surface area contributed by atoms with E-state index < -0.39 is 0 Å². The molecule has 1 rings (SSSR count). The Bertz CT molecular complexity index is 401. The van der Waals surface area contributed by atoms with Crippen molar-refractivity contribution in [3.8, 4) is 11.8 Å². The van der Waals surface area contributed by atoms with Gasteiger partial charge < -0.3 is 10.1 Å². The van der Waals surface area contributed by atoms with Crippen molar-refractivity contribution in [1.82, 2.24) is 5.32 Å². The number of halogens is 1. The standard InChI is InChI=1S/C13H17ClN2O/c1-3-7-16-10(2)11-4-5-13(12(14)9-11)17-8-6-15/h4-5,9-10,16H,3,7-8H2,1-2H3. The van der Waals surface area contributed by atoms with Crippen LogP contribution < -0.4 is 10.1 Å². The van der Waals surface area contributed by atoms with E-state index in [-0.39, 0.29) is 12.6 Å². The predicted molar refractivity (Wildman–Crippen MR) is 69.3 cm³/mol. The van der Waals surface area contributed by atoms with Crippen LogP contribution in [0.25, 0.3) is 0 Å². The first kappa shape index (κ1) is 13.8. The highest BCUT2D eigenvalue weighted by atomic mass is 35.5. The highest BCUT2D eigenvalue weighted by molar-refractivity contribution is 6.32. The van der Waals surface area contributed by atoms with Gasteiger partial charge in [0.2, 0.25) is 0 Å². The minimum absolute atomic E-state index is 0.0166. The Kier molecular flexibility index (Phi) is 5.82. The third-order valence-electron chi connectivity index (χ3n) is 2.45. The first-order valence-corrected chi connectivity index (χ1v) is 6.09. The second kappa shape index (κ2) is 7.16. The van der Waals surface area contributed by atoms with E-state index in [1.807, 2.05) is 18.2 Å². The summed E-state index contributed by atoms with van der Waals surface area (Å²) in [5.41, 5.74) is 1.12. The Labute approximate surface area is 107 Å². The van der Waals surface area contributed by atoms with Gasteiger partial charge in [0.05, 0.1) is 5.02 Å². The third kappa shape index (κ3) is 4.26. The quantitative estimate of drug-likeness (QED) is 0.845. The van der Waals surface area contributed by atoms with Crippen LogP contribution in [0.15, 0.2) is 18.2 Å². The van der Waals surface area contributed by atoms with Crippen molar-refractivity contribution < 1.29 is 4.74 Å². The van der Waals surface area contributed by atoms with Gasteiger partial charge in [-0.15, -0.1) is 0 Å². The number of hydrogen-bond donors (Lipinski definition) is 1. The fraction of sp³-hybridized carbons (Fsp3) is 0.462. The molecule has 1 aromatic carbocycles. The van der Waals surface area contributed by atoms with Crippen molar-refractivity contribution in [3.63, 3.8) is 0 Å². The molecule has 0 fully saturated rings. The lowest BCUT2D eigenvalue weighted by Gasteiger charge is -2.15. The van der Waals surface area contributed by atoms with Gasteiger partial charge in [0, 0.05) is 6.04 Å². The molecule has 0 spiro atoms. The average Bonchev–Trinajstić information content (AvgIpc) is 2.34. The average molecular weight is 253 g/mol. The maximum atomic E-state index is 8.43. The van der Waals surface area contributed by atoms with E-state index in [4.69, 9.17) is 21.6 Å². The number of nitrogens with zero attached hydrogens (tertiary/aromatic N) is 1. The molecule has 1 atom stereocenters. The molecule has 1 N–H and O–H groups in total. The summed E-state index contributed by atoms with van der Waals surface area (Å²) in [5.74, 6) is 0.555. The highest BCUT2D eigenvalue weighted by Gasteiger charge is 2.08. The smallest absolute Gasteiger partial charge is 0.174 e. The van der Waals surface area contributed by atoms with Crippen LogP contribution in [0.2, 0.25) is 5.02 Å². The molecule has 1 unspecified atom stereocenters. The van der Waals surface area contributed by atoms with Crippen molar-refractivity contribution in [2.45, 2.75) is 26.3 Å². The Morgan fingerprint density at radius 2 is 2.29 bits per heavy atom. The molecule has 92 valence electrons. The van der Waals surface area contributed by atoms with Gasteiger partial charge in [-0.2, -0.15) is 5.26 Å². The van der Waals surface area contributed by atoms with Crippen LogP contribution in [0.4, 0.5) is 0 Å². The monoisotopic (exact) mass is 252 g/mol. The van der Waals surface area contributed by atoms with Gasteiger partial charge in [-0.25, -0.2) is 0 Å². The second-order valence-corrected chi connectivity index (χ2v) is 4.22. The minimum atomic E-state index is 0.0166. The van der Waals surface area contributed by atoms with E-state index in [1.54, 1.807) is 6.07 Å². The molecular weight excluding hydrogens is 236 g/mol. The van der Waals surface area contributed by atoms with Crippen molar-refractivity contribution in [2.75, 3.05) is 13.2 Å². The SMILES string of the molecule is CCCNC(C)c1ccc(OCC#N)c(Cl)c1. The minimum Gasteiger partial charge on any atom is -0.477 e. The first-order valence-electron chi connectivity index (χ1n) is 5.71. The van der Waals surface area contributed by atoms with E-state index in [0.717, 1.165) is 18.5 Å². The lowest BCUT2D eigenvalue weighted by molar-refractivity contribution is 0.368. The summed E-state index contributed by atoms with van der Waals surface area (Å²) < 4.78 is 5.19. The van der Waals surface area contributed by atoms with Gasteiger partial charge >= 0.3 is 0 Å². The van der Waals surface area contributed by atoms with E-state index in [9.17, 15) is 0 Å². The van der Waals surface area contributed by atoms with Crippen molar-refractivity contribution in [1.29, 1.82) is 5.26 Å². The lowest BCUT2D eigenvalue weighted by Crippen LogP contribution is -2.19.